The number of nitrogens with one attached hydrogen (secondary N) is 2. The third-order valence-electron chi connectivity index (χ3n) is 4.85. The Morgan fingerprint density at radius 2 is 2.11 bits per heavy atom. The lowest BCUT2D eigenvalue weighted by atomic mass is 10.0. The summed E-state index contributed by atoms with van der Waals surface area (Å²) in [5.41, 5.74) is 1.17. The Morgan fingerprint density at radius 3 is 2.82 bits per heavy atom. The first-order valence-electron chi connectivity index (χ1n) is 9.88. The number of imidazole rings is 1. The quantitative estimate of drug-likeness (QED) is 0.334. The van der Waals surface area contributed by atoms with Crippen molar-refractivity contribution in [2.24, 2.45) is 4.99 Å². The van der Waals surface area contributed by atoms with Crippen LogP contribution >= 0.6 is 24.0 Å². The highest BCUT2D eigenvalue weighted by atomic mass is 127. The van der Waals surface area contributed by atoms with Crippen LogP contribution in [0.3, 0.4) is 0 Å². The molecule has 3 rings (SSSR count). The van der Waals surface area contributed by atoms with Gasteiger partial charge >= 0.3 is 0 Å². The predicted molar refractivity (Wildman–Crippen MR) is 124 cm³/mol. The van der Waals surface area contributed by atoms with Crippen LogP contribution in [-0.4, -0.2) is 47.4 Å². The van der Waals surface area contributed by atoms with Gasteiger partial charge in [-0.2, -0.15) is 0 Å². The molecular weight excluding hydrogens is 465 g/mol. The van der Waals surface area contributed by atoms with E-state index < -0.39 is 0 Å². The van der Waals surface area contributed by atoms with Crippen molar-refractivity contribution in [1.29, 1.82) is 0 Å². The largest absolute Gasteiger partial charge is 0.373 e. The minimum Gasteiger partial charge on any atom is -0.373 e. The first-order valence-corrected chi connectivity index (χ1v) is 9.88. The fraction of sp³-hybridized carbons (Fsp3) is 0.524. The molecule has 7 heteroatoms. The lowest BCUT2D eigenvalue weighted by molar-refractivity contribution is 0.0283. The maximum atomic E-state index is 5.83. The highest BCUT2D eigenvalue weighted by Crippen LogP contribution is 2.24. The average Bonchev–Trinajstić information content (AvgIpc) is 3.30. The summed E-state index contributed by atoms with van der Waals surface area (Å²) in [7, 11) is 0. The summed E-state index contributed by atoms with van der Waals surface area (Å²) in [5, 5.41) is 6.74. The summed E-state index contributed by atoms with van der Waals surface area (Å²) in [6.07, 6.45) is 6.96. The van der Waals surface area contributed by atoms with Gasteiger partial charge < -0.3 is 19.9 Å². The molecule has 1 aromatic carbocycles. The van der Waals surface area contributed by atoms with Gasteiger partial charge in [-0.1, -0.05) is 30.3 Å². The van der Waals surface area contributed by atoms with E-state index in [-0.39, 0.29) is 29.6 Å². The Hall–Kier alpha value is -1.61. The third kappa shape index (κ3) is 6.77. The number of aromatic nitrogens is 2. The van der Waals surface area contributed by atoms with Gasteiger partial charge in [0.1, 0.15) is 5.82 Å². The molecule has 0 radical (unpaired) electrons. The molecule has 1 aliphatic rings. The van der Waals surface area contributed by atoms with Crippen LogP contribution in [0, 0.1) is 0 Å². The van der Waals surface area contributed by atoms with Gasteiger partial charge in [0.2, 0.25) is 0 Å². The summed E-state index contributed by atoms with van der Waals surface area (Å²) in [5.74, 6) is 1.92. The van der Waals surface area contributed by atoms with Crippen LogP contribution in [0.2, 0.25) is 0 Å². The fourth-order valence-corrected chi connectivity index (χ4v) is 3.33. The van der Waals surface area contributed by atoms with Gasteiger partial charge in [-0.25, -0.2) is 4.98 Å². The van der Waals surface area contributed by atoms with Crippen LogP contribution in [0.4, 0.5) is 0 Å². The van der Waals surface area contributed by atoms with Crippen molar-refractivity contribution in [3.05, 3.63) is 54.1 Å². The number of rotatable bonds is 8. The Labute approximate surface area is 185 Å². The molecule has 154 valence electrons. The number of aliphatic imine (C=N–C) groups is 1. The zero-order chi connectivity index (χ0) is 19.0. The summed E-state index contributed by atoms with van der Waals surface area (Å²) in [6, 6.07) is 10.5. The van der Waals surface area contributed by atoms with Crippen LogP contribution in [0.1, 0.15) is 38.1 Å². The summed E-state index contributed by atoms with van der Waals surface area (Å²) < 4.78 is 8.03. The van der Waals surface area contributed by atoms with E-state index in [1.165, 1.54) is 5.56 Å². The van der Waals surface area contributed by atoms with Gasteiger partial charge in [-0.15, -0.1) is 24.0 Å². The molecule has 1 fully saturated rings. The number of hydrogen-bond acceptors (Lipinski definition) is 3. The van der Waals surface area contributed by atoms with E-state index in [2.05, 4.69) is 58.3 Å². The van der Waals surface area contributed by atoms with Crippen molar-refractivity contribution < 1.29 is 4.74 Å². The van der Waals surface area contributed by atoms with Crippen LogP contribution < -0.4 is 10.6 Å². The van der Waals surface area contributed by atoms with Crippen molar-refractivity contribution in [3.63, 3.8) is 0 Å². The van der Waals surface area contributed by atoms with Gasteiger partial charge in [-0.3, -0.25) is 4.99 Å². The monoisotopic (exact) mass is 497 g/mol. The highest BCUT2D eigenvalue weighted by Gasteiger charge is 2.29. The molecule has 28 heavy (non-hydrogen) atoms. The summed E-state index contributed by atoms with van der Waals surface area (Å²) >= 11 is 0. The molecule has 0 bridgehead atoms. The van der Waals surface area contributed by atoms with Gasteiger partial charge in [0.25, 0.3) is 0 Å². The number of halogens is 1. The van der Waals surface area contributed by atoms with E-state index >= 15 is 0 Å². The van der Waals surface area contributed by atoms with Crippen LogP contribution in [0.5, 0.6) is 0 Å². The van der Waals surface area contributed by atoms with E-state index in [1.807, 2.05) is 18.5 Å². The van der Waals surface area contributed by atoms with E-state index in [1.54, 1.807) is 0 Å². The average molecular weight is 497 g/mol. The van der Waals surface area contributed by atoms with E-state index in [0.717, 1.165) is 57.3 Å². The molecule has 1 aliphatic heterocycles. The highest BCUT2D eigenvalue weighted by molar-refractivity contribution is 14.0. The number of benzene rings is 1. The summed E-state index contributed by atoms with van der Waals surface area (Å²) in [6.45, 7) is 8.23. The molecule has 2 N–H and O–H groups in total. The summed E-state index contributed by atoms with van der Waals surface area (Å²) in [4.78, 5) is 9.24. The van der Waals surface area contributed by atoms with Crippen LogP contribution in [0.15, 0.2) is 47.7 Å². The molecule has 0 amide bonds. The standard InChI is InChI=1S/C21H31N5O.HI/c1-3-22-20(25-17-21(2)11-7-15-27-21)24-12-10-19-23-13-14-26(19)16-18-8-5-4-6-9-18;/h4-6,8-9,13-14H,3,7,10-12,15-17H2,1-2H3,(H2,22,24,25);1H. The van der Waals surface area contributed by atoms with Crippen molar-refractivity contribution in [1.82, 2.24) is 20.2 Å². The topological polar surface area (TPSA) is 63.5 Å². The normalized spacial score (nSPS) is 19.3. The zero-order valence-corrected chi connectivity index (χ0v) is 19.2. The zero-order valence-electron chi connectivity index (χ0n) is 16.9. The van der Waals surface area contributed by atoms with Crippen molar-refractivity contribution in [2.45, 2.75) is 45.3 Å². The molecule has 0 spiro atoms. The second kappa shape index (κ2) is 11.4. The molecule has 1 unspecified atom stereocenters. The van der Waals surface area contributed by atoms with Gasteiger partial charge in [0, 0.05) is 45.1 Å². The minimum absolute atomic E-state index is 0. The molecule has 2 heterocycles. The predicted octanol–water partition coefficient (Wildman–Crippen LogP) is 3.22. The van der Waals surface area contributed by atoms with E-state index in [9.17, 15) is 0 Å². The van der Waals surface area contributed by atoms with Gasteiger partial charge in [0.15, 0.2) is 5.96 Å². The fourth-order valence-electron chi connectivity index (χ4n) is 3.33. The van der Waals surface area contributed by atoms with Crippen molar-refractivity contribution in [2.75, 3.05) is 26.2 Å². The van der Waals surface area contributed by atoms with Crippen molar-refractivity contribution in [3.8, 4) is 0 Å². The maximum Gasteiger partial charge on any atom is 0.191 e. The van der Waals surface area contributed by atoms with Crippen molar-refractivity contribution >= 4 is 29.9 Å². The van der Waals surface area contributed by atoms with Gasteiger partial charge in [-0.05, 0) is 32.3 Å². The SMILES string of the molecule is CCNC(=NCC1(C)CCCO1)NCCc1nccn1Cc1ccccc1.I. The first-order chi connectivity index (χ1) is 13.2. The molecule has 6 nitrogen and oxygen atoms in total. The van der Waals surface area contributed by atoms with E-state index in [0.29, 0.717) is 6.54 Å². The Kier molecular flexibility index (Phi) is 9.24. The van der Waals surface area contributed by atoms with E-state index in [4.69, 9.17) is 9.73 Å². The molecule has 0 aliphatic carbocycles. The van der Waals surface area contributed by atoms with Gasteiger partial charge in [0.05, 0.1) is 12.1 Å². The van der Waals surface area contributed by atoms with Crippen LogP contribution in [0.25, 0.3) is 0 Å². The Balaban J connectivity index is 0.00000280. The number of hydrogen-bond donors (Lipinski definition) is 2. The number of ether oxygens (including phenoxy) is 1. The number of guanidine groups is 1. The lowest BCUT2D eigenvalue weighted by Gasteiger charge is -2.21. The molecular formula is C21H32IN5O. The second-order valence-corrected chi connectivity index (χ2v) is 7.23. The second-order valence-electron chi connectivity index (χ2n) is 7.23. The van der Waals surface area contributed by atoms with Crippen LogP contribution in [-0.2, 0) is 17.7 Å². The molecule has 1 aromatic heterocycles. The lowest BCUT2D eigenvalue weighted by Crippen LogP contribution is -2.40. The molecule has 1 saturated heterocycles. The molecule has 2 aromatic rings. The number of nitrogens with zero attached hydrogens (tertiary/aromatic N) is 3. The smallest absolute Gasteiger partial charge is 0.191 e. The minimum atomic E-state index is -0.117. The first kappa shape index (κ1) is 22.7. The molecule has 0 saturated carbocycles. The Morgan fingerprint density at radius 1 is 1.29 bits per heavy atom. The maximum absolute atomic E-state index is 5.83. The Bertz CT molecular complexity index is 725. The third-order valence-corrected chi connectivity index (χ3v) is 4.85. The molecule has 1 atom stereocenters.